The molecule has 0 radical (unpaired) electrons. The van der Waals surface area contributed by atoms with Gasteiger partial charge in [0.1, 0.15) is 18.5 Å². The van der Waals surface area contributed by atoms with Crippen LogP contribution in [-0.2, 0) is 24.1 Å². The number of nitrogens with zero attached hydrogens (tertiary/aromatic N) is 2. The molecule has 6 heteroatoms. The number of hydrogen-bond donors (Lipinski definition) is 1. The molecule has 0 bridgehead atoms. The Morgan fingerprint density at radius 3 is 2.84 bits per heavy atom. The first-order valence-electron chi connectivity index (χ1n) is 11.5. The lowest BCUT2D eigenvalue weighted by Crippen LogP contribution is -2.33. The molecule has 1 aliphatic heterocycles. The number of rotatable bonds is 5. The summed E-state index contributed by atoms with van der Waals surface area (Å²) in [4.78, 5) is 15.3. The fourth-order valence-corrected chi connectivity index (χ4v) is 4.74. The van der Waals surface area contributed by atoms with Gasteiger partial charge < -0.3 is 14.4 Å². The monoisotopic (exact) mass is 431 g/mol. The van der Waals surface area contributed by atoms with E-state index in [9.17, 15) is 4.79 Å². The molecular formula is C26H29N3O3. The van der Waals surface area contributed by atoms with E-state index in [-0.39, 0.29) is 12.0 Å². The van der Waals surface area contributed by atoms with Crippen LogP contribution in [0.5, 0.6) is 5.75 Å². The molecule has 1 aliphatic carbocycles. The molecule has 1 atom stereocenters. The van der Waals surface area contributed by atoms with Gasteiger partial charge in [-0.3, -0.25) is 9.89 Å². The number of hydrogen-bond acceptors (Lipinski definition) is 4. The van der Waals surface area contributed by atoms with Crippen molar-refractivity contribution in [2.75, 3.05) is 19.8 Å². The maximum atomic E-state index is 13.4. The van der Waals surface area contributed by atoms with Crippen LogP contribution in [0.1, 0.15) is 64.3 Å². The Kier molecular flexibility index (Phi) is 5.95. The van der Waals surface area contributed by atoms with E-state index in [4.69, 9.17) is 9.47 Å². The molecule has 0 spiro atoms. The third-order valence-corrected chi connectivity index (χ3v) is 6.35. The van der Waals surface area contributed by atoms with Gasteiger partial charge in [0.15, 0.2) is 5.69 Å². The third-order valence-electron chi connectivity index (χ3n) is 6.35. The van der Waals surface area contributed by atoms with Crippen molar-refractivity contribution in [1.29, 1.82) is 0 Å². The first kappa shape index (κ1) is 20.8. The number of H-pyrrole nitrogens is 1. The van der Waals surface area contributed by atoms with Gasteiger partial charge in [0, 0.05) is 30.0 Å². The molecule has 1 N–H and O–H groups in total. The van der Waals surface area contributed by atoms with Gasteiger partial charge in [-0.25, -0.2) is 0 Å². The molecule has 1 amide bonds. The van der Waals surface area contributed by atoms with Gasteiger partial charge in [-0.05, 0) is 55.9 Å². The van der Waals surface area contributed by atoms with Crippen LogP contribution in [0.3, 0.4) is 0 Å². The van der Waals surface area contributed by atoms with Crippen molar-refractivity contribution < 1.29 is 14.3 Å². The number of carbonyl (C=O) groups excluding carboxylic acids is 1. The fourth-order valence-electron chi connectivity index (χ4n) is 4.74. The minimum Gasteiger partial charge on any atom is -0.491 e. The van der Waals surface area contributed by atoms with Gasteiger partial charge in [-0.15, -0.1) is 0 Å². The molecule has 6 nitrogen and oxygen atoms in total. The highest BCUT2D eigenvalue weighted by molar-refractivity contribution is 5.94. The second-order valence-corrected chi connectivity index (χ2v) is 8.42. The van der Waals surface area contributed by atoms with Gasteiger partial charge in [0.25, 0.3) is 5.91 Å². The van der Waals surface area contributed by atoms with E-state index >= 15 is 0 Å². The molecule has 0 saturated carbocycles. The average molecular weight is 432 g/mol. The minimum atomic E-state index is -0.155. The Bertz CT molecular complexity index is 1090. The summed E-state index contributed by atoms with van der Waals surface area (Å²) in [5.74, 6) is 0.812. The van der Waals surface area contributed by atoms with Crippen LogP contribution >= 0.6 is 0 Å². The largest absolute Gasteiger partial charge is 0.491 e. The molecular weight excluding hydrogens is 402 g/mol. The van der Waals surface area contributed by atoms with Gasteiger partial charge in [0.2, 0.25) is 0 Å². The third kappa shape index (κ3) is 4.02. The Labute approximate surface area is 188 Å². The second-order valence-electron chi connectivity index (χ2n) is 8.42. The molecule has 2 aliphatic rings. The highest BCUT2D eigenvalue weighted by atomic mass is 16.5. The van der Waals surface area contributed by atoms with Crippen LogP contribution < -0.4 is 4.74 Å². The maximum Gasteiger partial charge on any atom is 0.275 e. The standard InChI is InChI=1S/C26H29N3O3/c1-2-31-25(18-8-4-3-5-9-18)19-12-13-23-20(16-19)17-29(14-15-32-23)26(30)24-21-10-6-7-11-22(21)27-28-24/h3-5,8-9,12-13,16,25H,2,6-7,10-11,14-15,17H2,1H3,(H,27,28). The molecule has 0 saturated heterocycles. The Balaban J connectivity index is 1.43. The highest BCUT2D eigenvalue weighted by Crippen LogP contribution is 2.32. The predicted molar refractivity (Wildman–Crippen MR) is 122 cm³/mol. The van der Waals surface area contributed by atoms with Crippen LogP contribution in [0, 0.1) is 0 Å². The maximum absolute atomic E-state index is 13.4. The lowest BCUT2D eigenvalue weighted by molar-refractivity contribution is 0.0726. The zero-order valence-electron chi connectivity index (χ0n) is 18.5. The lowest BCUT2D eigenvalue weighted by atomic mass is 9.95. The van der Waals surface area contributed by atoms with Crippen LogP contribution in [0.15, 0.2) is 48.5 Å². The number of carbonyl (C=O) groups is 1. The van der Waals surface area contributed by atoms with Crippen molar-refractivity contribution in [2.45, 2.75) is 45.3 Å². The molecule has 166 valence electrons. The van der Waals surface area contributed by atoms with E-state index in [1.54, 1.807) is 0 Å². The summed E-state index contributed by atoms with van der Waals surface area (Å²) in [6.45, 7) is 4.13. The average Bonchev–Trinajstić information content (AvgIpc) is 3.15. The second kappa shape index (κ2) is 9.17. The number of ether oxygens (including phenoxy) is 2. The Morgan fingerprint density at radius 2 is 2.00 bits per heavy atom. The van der Waals surface area contributed by atoms with Gasteiger partial charge >= 0.3 is 0 Å². The summed E-state index contributed by atoms with van der Waals surface area (Å²) in [6.07, 6.45) is 4.01. The summed E-state index contributed by atoms with van der Waals surface area (Å²) in [7, 11) is 0. The number of aryl methyl sites for hydroxylation is 1. The SMILES string of the molecule is CCOC(c1ccccc1)c1ccc2c(c1)CN(C(=O)c1n[nH]c3c1CCCC3)CCO2. The Morgan fingerprint density at radius 1 is 1.16 bits per heavy atom. The number of aromatic nitrogens is 2. The van der Waals surface area contributed by atoms with E-state index in [0.29, 0.717) is 32.0 Å². The number of amides is 1. The fraction of sp³-hybridized carbons (Fsp3) is 0.385. The van der Waals surface area contributed by atoms with Crippen molar-refractivity contribution >= 4 is 5.91 Å². The summed E-state index contributed by atoms with van der Waals surface area (Å²) in [5.41, 5.74) is 5.97. The number of nitrogens with one attached hydrogen (secondary N) is 1. The highest BCUT2D eigenvalue weighted by Gasteiger charge is 2.28. The van der Waals surface area contributed by atoms with Crippen LogP contribution in [-0.4, -0.2) is 40.8 Å². The number of benzene rings is 2. The van der Waals surface area contributed by atoms with Crippen molar-refractivity contribution in [2.24, 2.45) is 0 Å². The summed E-state index contributed by atoms with van der Waals surface area (Å²) in [5, 5.41) is 7.48. The molecule has 1 aromatic heterocycles. The van der Waals surface area contributed by atoms with Crippen LogP contribution in [0.25, 0.3) is 0 Å². The van der Waals surface area contributed by atoms with Crippen LogP contribution in [0.4, 0.5) is 0 Å². The van der Waals surface area contributed by atoms with Crippen molar-refractivity contribution in [3.63, 3.8) is 0 Å². The summed E-state index contributed by atoms with van der Waals surface area (Å²) in [6, 6.07) is 16.4. The molecule has 32 heavy (non-hydrogen) atoms. The van der Waals surface area contributed by atoms with E-state index in [0.717, 1.165) is 59.4 Å². The van der Waals surface area contributed by atoms with Crippen molar-refractivity contribution in [3.05, 3.63) is 82.2 Å². The lowest BCUT2D eigenvalue weighted by Gasteiger charge is -2.22. The van der Waals surface area contributed by atoms with E-state index in [1.807, 2.05) is 36.1 Å². The smallest absolute Gasteiger partial charge is 0.275 e. The van der Waals surface area contributed by atoms with E-state index in [1.165, 1.54) is 0 Å². The predicted octanol–water partition coefficient (Wildman–Crippen LogP) is 4.45. The molecule has 5 rings (SSSR count). The van der Waals surface area contributed by atoms with Gasteiger partial charge in [-0.1, -0.05) is 36.4 Å². The first-order chi connectivity index (χ1) is 15.7. The summed E-state index contributed by atoms with van der Waals surface area (Å²) >= 11 is 0. The van der Waals surface area contributed by atoms with Gasteiger partial charge in [0.05, 0.1) is 6.54 Å². The summed E-state index contributed by atoms with van der Waals surface area (Å²) < 4.78 is 12.1. The van der Waals surface area contributed by atoms with Crippen LogP contribution in [0.2, 0.25) is 0 Å². The minimum absolute atomic E-state index is 0.0179. The van der Waals surface area contributed by atoms with Crippen molar-refractivity contribution in [3.8, 4) is 5.75 Å². The van der Waals surface area contributed by atoms with E-state index in [2.05, 4.69) is 34.5 Å². The quantitative estimate of drug-likeness (QED) is 0.648. The molecule has 2 aromatic carbocycles. The number of fused-ring (bicyclic) bond motifs is 2. The normalized spacial score (nSPS) is 16.5. The van der Waals surface area contributed by atoms with E-state index < -0.39 is 0 Å². The Hall–Kier alpha value is -3.12. The molecule has 2 heterocycles. The molecule has 0 fully saturated rings. The van der Waals surface area contributed by atoms with Crippen molar-refractivity contribution in [1.82, 2.24) is 15.1 Å². The number of aromatic amines is 1. The molecule has 1 unspecified atom stereocenters. The molecule has 3 aromatic rings. The first-order valence-corrected chi connectivity index (χ1v) is 11.5. The zero-order chi connectivity index (χ0) is 21.9. The zero-order valence-corrected chi connectivity index (χ0v) is 18.5. The topological polar surface area (TPSA) is 67.5 Å². The van der Waals surface area contributed by atoms with Gasteiger partial charge in [-0.2, -0.15) is 5.10 Å².